The van der Waals surface area contributed by atoms with Gasteiger partial charge in [-0.15, -0.1) is 0 Å². The van der Waals surface area contributed by atoms with E-state index in [-0.39, 0.29) is 27.0 Å². The zero-order chi connectivity index (χ0) is 19.4. The van der Waals surface area contributed by atoms with E-state index < -0.39 is 9.84 Å². The zero-order valence-corrected chi connectivity index (χ0v) is 15.3. The van der Waals surface area contributed by atoms with Crippen molar-refractivity contribution in [1.82, 2.24) is 4.98 Å². The van der Waals surface area contributed by atoms with Crippen LogP contribution in [0.5, 0.6) is 0 Å². The van der Waals surface area contributed by atoms with E-state index in [2.05, 4.69) is 4.98 Å². The molecule has 0 aliphatic heterocycles. The topological polar surface area (TPSA) is 64.1 Å². The molecule has 27 heavy (non-hydrogen) atoms. The molecule has 0 spiro atoms. The molecule has 0 unspecified atom stereocenters. The van der Waals surface area contributed by atoms with Crippen LogP contribution in [0.4, 0.5) is 4.39 Å². The standard InChI is InChI=1S/C21H16FNO3S/c1-15(24)20-12-13-23-14-21(20)27(25,26)19-10-6-17(7-11-19)3-2-16-4-8-18(22)9-5-16/h2-14H,1H3. The molecule has 0 atom stereocenters. The van der Waals surface area contributed by atoms with Crippen LogP contribution >= 0.6 is 0 Å². The SMILES string of the molecule is CC(=O)c1ccncc1S(=O)(=O)c1ccc(C=Cc2ccc(F)cc2)cc1. The Morgan fingerprint density at radius 3 is 2.04 bits per heavy atom. The summed E-state index contributed by atoms with van der Waals surface area (Å²) in [6.45, 7) is 1.32. The Morgan fingerprint density at radius 2 is 1.48 bits per heavy atom. The number of halogens is 1. The van der Waals surface area contributed by atoms with Crippen LogP contribution in [0.3, 0.4) is 0 Å². The third-order valence-corrected chi connectivity index (χ3v) is 5.78. The zero-order valence-electron chi connectivity index (χ0n) is 14.5. The fourth-order valence-electron chi connectivity index (χ4n) is 2.54. The number of pyridine rings is 1. The molecule has 0 aliphatic carbocycles. The molecule has 0 fully saturated rings. The molecule has 0 N–H and O–H groups in total. The van der Waals surface area contributed by atoms with E-state index in [1.54, 1.807) is 36.4 Å². The van der Waals surface area contributed by atoms with E-state index in [0.717, 1.165) is 11.1 Å². The molecule has 0 bridgehead atoms. The van der Waals surface area contributed by atoms with Crippen molar-refractivity contribution in [1.29, 1.82) is 0 Å². The number of aromatic nitrogens is 1. The number of sulfone groups is 1. The Morgan fingerprint density at radius 1 is 0.926 bits per heavy atom. The molecule has 0 radical (unpaired) electrons. The highest BCUT2D eigenvalue weighted by Gasteiger charge is 2.23. The summed E-state index contributed by atoms with van der Waals surface area (Å²) in [6.07, 6.45) is 6.18. The fourth-order valence-corrected chi connectivity index (χ4v) is 3.99. The minimum absolute atomic E-state index is 0.0805. The maximum absolute atomic E-state index is 12.9. The van der Waals surface area contributed by atoms with Crippen LogP contribution in [-0.2, 0) is 9.84 Å². The van der Waals surface area contributed by atoms with E-state index in [1.807, 2.05) is 0 Å². The summed E-state index contributed by atoms with van der Waals surface area (Å²) in [5, 5.41) is 0. The molecule has 2 aromatic carbocycles. The molecule has 3 aromatic rings. The first-order chi connectivity index (χ1) is 12.9. The van der Waals surface area contributed by atoms with Gasteiger partial charge in [-0.25, -0.2) is 12.8 Å². The summed E-state index contributed by atoms with van der Waals surface area (Å²) in [7, 11) is -3.85. The maximum atomic E-state index is 12.9. The van der Waals surface area contributed by atoms with E-state index in [4.69, 9.17) is 0 Å². The van der Waals surface area contributed by atoms with Gasteiger partial charge in [0, 0.05) is 18.0 Å². The highest BCUT2D eigenvalue weighted by atomic mass is 32.2. The van der Waals surface area contributed by atoms with Crippen molar-refractivity contribution in [2.45, 2.75) is 16.7 Å². The monoisotopic (exact) mass is 381 g/mol. The van der Waals surface area contributed by atoms with Gasteiger partial charge in [0.2, 0.25) is 9.84 Å². The first kappa shape index (κ1) is 18.7. The van der Waals surface area contributed by atoms with Gasteiger partial charge in [0.25, 0.3) is 0 Å². The van der Waals surface area contributed by atoms with Gasteiger partial charge in [-0.2, -0.15) is 0 Å². The summed E-state index contributed by atoms with van der Waals surface area (Å²) in [5.74, 6) is -0.642. The summed E-state index contributed by atoms with van der Waals surface area (Å²) >= 11 is 0. The lowest BCUT2D eigenvalue weighted by Gasteiger charge is -2.08. The predicted octanol–water partition coefficient (Wildman–Crippen LogP) is 4.43. The van der Waals surface area contributed by atoms with Crippen LogP contribution in [0.15, 0.2) is 76.8 Å². The second-order valence-electron chi connectivity index (χ2n) is 5.89. The van der Waals surface area contributed by atoms with Crippen molar-refractivity contribution < 1.29 is 17.6 Å². The van der Waals surface area contributed by atoms with E-state index in [0.29, 0.717) is 0 Å². The number of carbonyl (C=O) groups is 1. The van der Waals surface area contributed by atoms with E-state index in [9.17, 15) is 17.6 Å². The molecule has 1 aromatic heterocycles. The number of hydrogen-bond donors (Lipinski definition) is 0. The summed E-state index contributed by atoms with van der Waals surface area (Å²) < 4.78 is 38.6. The number of rotatable bonds is 5. The first-order valence-electron chi connectivity index (χ1n) is 8.12. The van der Waals surface area contributed by atoms with Gasteiger partial charge in [0.1, 0.15) is 10.7 Å². The Kier molecular flexibility index (Phi) is 5.28. The number of ketones is 1. The Bertz CT molecular complexity index is 1100. The quantitative estimate of drug-likeness (QED) is 0.485. The van der Waals surface area contributed by atoms with Crippen molar-refractivity contribution in [2.24, 2.45) is 0 Å². The lowest BCUT2D eigenvalue weighted by molar-refractivity contribution is 0.101. The minimum atomic E-state index is -3.85. The number of hydrogen-bond acceptors (Lipinski definition) is 4. The molecule has 0 saturated carbocycles. The largest absolute Gasteiger partial charge is 0.294 e. The number of Topliss-reactive ketones (excluding diaryl/α,β-unsaturated/α-hetero) is 1. The minimum Gasteiger partial charge on any atom is -0.294 e. The van der Waals surface area contributed by atoms with E-state index >= 15 is 0 Å². The van der Waals surface area contributed by atoms with Gasteiger partial charge in [-0.3, -0.25) is 9.78 Å². The van der Waals surface area contributed by atoms with Crippen LogP contribution in [0.2, 0.25) is 0 Å². The fraction of sp³-hybridized carbons (Fsp3) is 0.0476. The molecule has 4 nitrogen and oxygen atoms in total. The molecular weight excluding hydrogens is 365 g/mol. The highest BCUT2D eigenvalue weighted by molar-refractivity contribution is 7.91. The lowest BCUT2D eigenvalue weighted by Crippen LogP contribution is -2.08. The molecule has 0 amide bonds. The number of carbonyl (C=O) groups excluding carboxylic acids is 1. The van der Waals surface area contributed by atoms with E-state index in [1.165, 1.54) is 49.6 Å². The van der Waals surface area contributed by atoms with Crippen molar-refractivity contribution >= 4 is 27.8 Å². The third kappa shape index (κ3) is 4.17. The average molecular weight is 381 g/mol. The van der Waals surface area contributed by atoms with Crippen molar-refractivity contribution in [2.75, 3.05) is 0 Å². The van der Waals surface area contributed by atoms with Crippen LogP contribution < -0.4 is 0 Å². The Hall–Kier alpha value is -3.12. The predicted molar refractivity (Wildman–Crippen MR) is 101 cm³/mol. The van der Waals surface area contributed by atoms with Gasteiger partial charge in [-0.05, 0) is 48.4 Å². The summed E-state index contributed by atoms with van der Waals surface area (Å²) in [6, 6.07) is 13.7. The maximum Gasteiger partial charge on any atom is 0.208 e. The van der Waals surface area contributed by atoms with Crippen LogP contribution in [-0.4, -0.2) is 19.2 Å². The van der Waals surface area contributed by atoms with Gasteiger partial charge >= 0.3 is 0 Å². The molecule has 1 heterocycles. The second-order valence-corrected chi connectivity index (χ2v) is 7.80. The average Bonchev–Trinajstić information content (AvgIpc) is 2.68. The summed E-state index contributed by atoms with van der Waals surface area (Å²) in [5.41, 5.74) is 1.73. The summed E-state index contributed by atoms with van der Waals surface area (Å²) in [4.78, 5) is 15.5. The number of benzene rings is 2. The van der Waals surface area contributed by atoms with Crippen molar-refractivity contribution in [3.8, 4) is 0 Å². The van der Waals surface area contributed by atoms with Crippen LogP contribution in [0.1, 0.15) is 28.4 Å². The first-order valence-corrected chi connectivity index (χ1v) is 9.60. The second kappa shape index (κ2) is 7.63. The smallest absolute Gasteiger partial charge is 0.208 e. The lowest BCUT2D eigenvalue weighted by atomic mass is 10.1. The number of nitrogens with zero attached hydrogens (tertiary/aromatic N) is 1. The van der Waals surface area contributed by atoms with Crippen molar-refractivity contribution in [3.63, 3.8) is 0 Å². The molecule has 6 heteroatoms. The molecule has 136 valence electrons. The molecular formula is C21H16FNO3S. The Labute approximate surface area is 156 Å². The molecule has 0 aliphatic rings. The van der Waals surface area contributed by atoms with Gasteiger partial charge in [-0.1, -0.05) is 36.4 Å². The van der Waals surface area contributed by atoms with Gasteiger partial charge in [0.05, 0.1) is 4.90 Å². The highest BCUT2D eigenvalue weighted by Crippen LogP contribution is 2.24. The Balaban J connectivity index is 1.89. The van der Waals surface area contributed by atoms with Gasteiger partial charge < -0.3 is 0 Å². The molecule has 3 rings (SSSR count). The van der Waals surface area contributed by atoms with Gasteiger partial charge in [0.15, 0.2) is 5.78 Å². The van der Waals surface area contributed by atoms with Crippen LogP contribution in [0, 0.1) is 5.82 Å². The third-order valence-electron chi connectivity index (χ3n) is 3.98. The normalized spacial score (nSPS) is 11.6. The van der Waals surface area contributed by atoms with Crippen LogP contribution in [0.25, 0.3) is 12.2 Å². The van der Waals surface area contributed by atoms with Crippen molar-refractivity contribution in [3.05, 3.63) is 89.5 Å². The molecule has 0 saturated heterocycles.